The van der Waals surface area contributed by atoms with Crippen molar-refractivity contribution >= 4 is 33.5 Å². The summed E-state index contributed by atoms with van der Waals surface area (Å²) in [6.45, 7) is 9.08. The summed E-state index contributed by atoms with van der Waals surface area (Å²) in [6.07, 6.45) is 0. The first-order valence-corrected chi connectivity index (χ1v) is 12.2. The number of amides is 2. The minimum Gasteiger partial charge on any atom is -0.454 e. The summed E-state index contributed by atoms with van der Waals surface area (Å²) in [7, 11) is -3.93. The van der Waals surface area contributed by atoms with Gasteiger partial charge in [0.25, 0.3) is 11.8 Å². The molecule has 0 radical (unpaired) electrons. The lowest BCUT2D eigenvalue weighted by Crippen LogP contribution is -2.46. The number of esters is 1. The van der Waals surface area contributed by atoms with E-state index in [-0.39, 0.29) is 21.9 Å². The van der Waals surface area contributed by atoms with Gasteiger partial charge >= 0.3 is 5.97 Å². The van der Waals surface area contributed by atoms with E-state index >= 15 is 0 Å². The van der Waals surface area contributed by atoms with Crippen molar-refractivity contribution in [1.29, 1.82) is 0 Å². The highest BCUT2D eigenvalue weighted by atomic mass is 32.2. The molecule has 10 heteroatoms. The molecule has 0 spiro atoms. The van der Waals surface area contributed by atoms with Gasteiger partial charge in [0.1, 0.15) is 6.04 Å². The van der Waals surface area contributed by atoms with Crippen LogP contribution in [0.3, 0.4) is 0 Å². The van der Waals surface area contributed by atoms with Gasteiger partial charge in [-0.15, -0.1) is 0 Å². The molecule has 0 aliphatic heterocycles. The van der Waals surface area contributed by atoms with E-state index in [1.54, 1.807) is 26.0 Å². The van der Waals surface area contributed by atoms with E-state index in [1.807, 2.05) is 12.1 Å². The quantitative estimate of drug-likeness (QED) is 0.486. The van der Waals surface area contributed by atoms with Gasteiger partial charge in [-0.3, -0.25) is 9.59 Å². The Labute approximate surface area is 200 Å². The number of hydrogen-bond donors (Lipinski definition) is 3. The second-order valence-corrected chi connectivity index (χ2v) is 10.8. The highest BCUT2D eigenvalue weighted by Gasteiger charge is 2.27. The largest absolute Gasteiger partial charge is 0.454 e. The zero-order chi connectivity index (χ0) is 25.7. The lowest BCUT2D eigenvalue weighted by molar-refractivity contribution is -0.150. The van der Waals surface area contributed by atoms with Gasteiger partial charge in [0, 0.05) is 11.3 Å². The number of carbonyl (C=O) groups excluding carboxylic acids is 3. The van der Waals surface area contributed by atoms with Gasteiger partial charge < -0.3 is 15.4 Å². The Bertz CT molecular complexity index is 1150. The third-order valence-corrected chi connectivity index (χ3v) is 5.92. The van der Waals surface area contributed by atoms with Gasteiger partial charge in [0.05, 0.1) is 4.90 Å². The molecule has 2 amide bonds. The second kappa shape index (κ2) is 10.8. The van der Waals surface area contributed by atoms with Crippen LogP contribution in [0, 0.1) is 5.92 Å². The second-order valence-electron chi connectivity index (χ2n) is 9.25. The van der Waals surface area contributed by atoms with Crippen LogP contribution in [0.1, 0.15) is 50.5 Å². The summed E-state index contributed by atoms with van der Waals surface area (Å²) >= 11 is 0. The average molecular weight is 490 g/mol. The molecule has 1 unspecified atom stereocenters. The van der Waals surface area contributed by atoms with Crippen molar-refractivity contribution < 1.29 is 27.5 Å². The Morgan fingerprint density at radius 1 is 1.03 bits per heavy atom. The van der Waals surface area contributed by atoms with Crippen LogP contribution in [0.15, 0.2) is 53.4 Å². The van der Waals surface area contributed by atoms with E-state index in [0.29, 0.717) is 5.56 Å². The molecular weight excluding hydrogens is 458 g/mol. The number of rotatable bonds is 8. The summed E-state index contributed by atoms with van der Waals surface area (Å²) in [6, 6.07) is 11.5. The van der Waals surface area contributed by atoms with Crippen molar-refractivity contribution in [3.05, 3.63) is 59.7 Å². The molecule has 34 heavy (non-hydrogen) atoms. The number of nitrogens with two attached hydrogens (primary N) is 1. The van der Waals surface area contributed by atoms with Crippen LogP contribution in [-0.4, -0.2) is 38.9 Å². The van der Waals surface area contributed by atoms with E-state index in [2.05, 4.69) is 31.4 Å². The van der Waals surface area contributed by atoms with Crippen LogP contribution in [-0.2, 0) is 29.8 Å². The predicted molar refractivity (Wildman–Crippen MR) is 129 cm³/mol. The normalized spacial score (nSPS) is 12.7. The monoisotopic (exact) mass is 489 g/mol. The predicted octanol–water partition coefficient (Wildman–Crippen LogP) is 2.57. The van der Waals surface area contributed by atoms with Crippen LogP contribution in [0.25, 0.3) is 0 Å². The summed E-state index contributed by atoms with van der Waals surface area (Å²) < 4.78 is 28.0. The topological polar surface area (TPSA) is 145 Å². The first-order valence-electron chi connectivity index (χ1n) is 10.7. The Morgan fingerprint density at radius 3 is 2.18 bits per heavy atom. The van der Waals surface area contributed by atoms with Crippen molar-refractivity contribution in [2.24, 2.45) is 11.1 Å². The fraction of sp³-hybridized carbons (Fsp3) is 0.375. The molecule has 1 atom stereocenters. The molecule has 2 rings (SSSR count). The van der Waals surface area contributed by atoms with Crippen molar-refractivity contribution in [2.45, 2.75) is 51.0 Å². The molecule has 0 heterocycles. The van der Waals surface area contributed by atoms with Gasteiger partial charge in [-0.2, -0.15) is 0 Å². The van der Waals surface area contributed by atoms with Crippen molar-refractivity contribution in [1.82, 2.24) is 5.32 Å². The summed E-state index contributed by atoms with van der Waals surface area (Å²) in [5.74, 6) is -2.16. The number of hydrogen-bond acceptors (Lipinski definition) is 6. The smallest absolute Gasteiger partial charge is 0.329 e. The van der Waals surface area contributed by atoms with Crippen LogP contribution in [0.5, 0.6) is 0 Å². The molecule has 0 saturated heterocycles. The molecular formula is C24H31N3O6S. The molecule has 0 bridgehead atoms. The molecule has 2 aromatic carbocycles. The molecule has 2 aromatic rings. The van der Waals surface area contributed by atoms with Gasteiger partial charge in [-0.1, -0.05) is 52.8 Å². The third kappa shape index (κ3) is 7.67. The number of carbonyl (C=O) groups is 3. The Hall–Kier alpha value is -3.24. The SMILES string of the molecule is CC(C)C(NC(=O)c1ccc(C(C)(C)C)cc1)C(=O)OCC(=O)Nc1cccc(S(N)(=O)=O)c1. The average Bonchev–Trinajstić information content (AvgIpc) is 2.74. The molecule has 0 saturated carbocycles. The van der Waals surface area contributed by atoms with Crippen LogP contribution in [0.4, 0.5) is 5.69 Å². The standard InChI is InChI=1S/C24H31N3O6S/c1-15(2)21(27-22(29)16-9-11-17(12-10-16)24(3,4)5)23(30)33-14-20(28)26-18-7-6-8-19(13-18)34(25,31)32/h6-13,15,21H,14H2,1-5H3,(H,26,28)(H,27,29)(H2,25,31,32). The van der Waals surface area contributed by atoms with Gasteiger partial charge in [-0.25, -0.2) is 18.4 Å². The Morgan fingerprint density at radius 2 is 1.65 bits per heavy atom. The highest BCUT2D eigenvalue weighted by molar-refractivity contribution is 7.89. The molecule has 0 aromatic heterocycles. The van der Waals surface area contributed by atoms with E-state index in [1.165, 1.54) is 24.3 Å². The lowest BCUT2D eigenvalue weighted by Gasteiger charge is -2.22. The maximum absolute atomic E-state index is 12.7. The first-order chi connectivity index (χ1) is 15.7. The Kier molecular flexibility index (Phi) is 8.57. The lowest BCUT2D eigenvalue weighted by atomic mass is 9.86. The van der Waals surface area contributed by atoms with E-state index in [9.17, 15) is 22.8 Å². The number of sulfonamides is 1. The fourth-order valence-corrected chi connectivity index (χ4v) is 3.58. The van der Waals surface area contributed by atoms with E-state index in [0.717, 1.165) is 5.56 Å². The van der Waals surface area contributed by atoms with Gasteiger partial charge in [-0.05, 0) is 47.2 Å². The van der Waals surface area contributed by atoms with Crippen molar-refractivity contribution in [3.8, 4) is 0 Å². The number of nitrogens with one attached hydrogen (secondary N) is 2. The van der Waals surface area contributed by atoms with Gasteiger partial charge in [0.2, 0.25) is 10.0 Å². The number of ether oxygens (including phenoxy) is 1. The number of anilines is 1. The third-order valence-electron chi connectivity index (χ3n) is 5.01. The zero-order valence-corrected chi connectivity index (χ0v) is 20.7. The maximum Gasteiger partial charge on any atom is 0.329 e. The highest BCUT2D eigenvalue weighted by Crippen LogP contribution is 2.22. The maximum atomic E-state index is 12.7. The minimum absolute atomic E-state index is 0.0558. The Balaban J connectivity index is 1.98. The van der Waals surface area contributed by atoms with Crippen molar-refractivity contribution in [3.63, 3.8) is 0 Å². The van der Waals surface area contributed by atoms with Crippen LogP contribution < -0.4 is 15.8 Å². The molecule has 0 fully saturated rings. The molecule has 4 N–H and O–H groups in total. The molecule has 0 aliphatic carbocycles. The first kappa shape index (κ1) is 27.0. The zero-order valence-electron chi connectivity index (χ0n) is 19.9. The van der Waals surface area contributed by atoms with E-state index in [4.69, 9.17) is 9.88 Å². The number of primary sulfonamides is 1. The molecule has 0 aliphatic rings. The van der Waals surface area contributed by atoms with E-state index < -0.39 is 40.5 Å². The van der Waals surface area contributed by atoms with Crippen molar-refractivity contribution in [2.75, 3.05) is 11.9 Å². The summed E-state index contributed by atoms with van der Waals surface area (Å²) in [5, 5.41) is 10.2. The van der Waals surface area contributed by atoms with Crippen LogP contribution in [0.2, 0.25) is 0 Å². The van der Waals surface area contributed by atoms with Gasteiger partial charge in [0.15, 0.2) is 6.61 Å². The summed E-state index contributed by atoms with van der Waals surface area (Å²) in [4.78, 5) is 37.2. The molecule has 9 nitrogen and oxygen atoms in total. The molecule has 184 valence electrons. The minimum atomic E-state index is -3.93. The number of benzene rings is 2. The fourth-order valence-electron chi connectivity index (χ4n) is 3.02. The van der Waals surface area contributed by atoms with Crippen LogP contribution >= 0.6 is 0 Å². The summed E-state index contributed by atoms with van der Waals surface area (Å²) in [5.41, 5.74) is 1.60.